The molecule has 5 heteroatoms. The summed E-state index contributed by atoms with van der Waals surface area (Å²) < 4.78 is 5.67. The number of halogens is 1. The van der Waals surface area contributed by atoms with Crippen molar-refractivity contribution in [2.75, 3.05) is 6.61 Å². The van der Waals surface area contributed by atoms with Crippen LogP contribution in [0.15, 0.2) is 18.2 Å². The summed E-state index contributed by atoms with van der Waals surface area (Å²) in [5, 5.41) is 3.48. The summed E-state index contributed by atoms with van der Waals surface area (Å²) in [6.45, 7) is 6.13. The second-order valence-electron chi connectivity index (χ2n) is 5.25. The van der Waals surface area contributed by atoms with Crippen LogP contribution in [0.3, 0.4) is 0 Å². The smallest absolute Gasteiger partial charge is 0.223 e. The normalized spacial score (nSPS) is 12.3. The average Bonchev–Trinajstić information content (AvgIpc) is 2.30. The number of carbonyl (C=O) groups is 1. The van der Waals surface area contributed by atoms with Gasteiger partial charge in [-0.2, -0.15) is 0 Å². The Bertz CT molecular complexity index is 447. The Kier molecular flexibility index (Phi) is 6.82. The second-order valence-corrected chi connectivity index (χ2v) is 5.69. The Balaban J connectivity index is 2.56. The quantitative estimate of drug-likeness (QED) is 0.813. The standard InChI is InChI=1S/C15H23ClN2O2/c1-10(2)18-15(19)6-7-20-14-5-4-13(16)9-12(14)8-11(3)17/h4-5,9-11H,6-8,17H2,1-3H3,(H,18,19). The molecule has 1 aromatic carbocycles. The van der Waals surface area contributed by atoms with Crippen molar-refractivity contribution in [1.82, 2.24) is 5.32 Å². The summed E-state index contributed by atoms with van der Waals surface area (Å²) in [7, 11) is 0. The number of carbonyl (C=O) groups excluding carboxylic acids is 1. The number of amides is 1. The minimum Gasteiger partial charge on any atom is -0.493 e. The van der Waals surface area contributed by atoms with Crippen molar-refractivity contribution in [2.45, 2.75) is 45.7 Å². The van der Waals surface area contributed by atoms with E-state index in [4.69, 9.17) is 22.1 Å². The molecule has 1 atom stereocenters. The number of hydrogen-bond donors (Lipinski definition) is 2. The summed E-state index contributed by atoms with van der Waals surface area (Å²) in [4.78, 5) is 11.5. The average molecular weight is 299 g/mol. The molecule has 1 unspecified atom stereocenters. The van der Waals surface area contributed by atoms with Crippen molar-refractivity contribution in [3.05, 3.63) is 28.8 Å². The fourth-order valence-electron chi connectivity index (χ4n) is 1.84. The number of nitrogens with two attached hydrogens (primary N) is 1. The molecule has 0 fully saturated rings. The van der Waals surface area contributed by atoms with E-state index in [1.165, 1.54) is 0 Å². The monoisotopic (exact) mass is 298 g/mol. The highest BCUT2D eigenvalue weighted by atomic mass is 35.5. The summed E-state index contributed by atoms with van der Waals surface area (Å²) in [6, 6.07) is 5.62. The first-order valence-corrected chi connectivity index (χ1v) is 7.22. The first kappa shape index (κ1) is 16.8. The first-order valence-electron chi connectivity index (χ1n) is 6.84. The van der Waals surface area contributed by atoms with E-state index in [0.717, 1.165) is 11.3 Å². The maximum atomic E-state index is 11.5. The molecule has 1 aromatic rings. The van der Waals surface area contributed by atoms with Crippen LogP contribution >= 0.6 is 11.6 Å². The van der Waals surface area contributed by atoms with Crippen LogP contribution in [-0.4, -0.2) is 24.6 Å². The number of ether oxygens (including phenoxy) is 1. The van der Waals surface area contributed by atoms with Crippen LogP contribution in [0, 0.1) is 0 Å². The predicted molar refractivity (Wildman–Crippen MR) is 82.2 cm³/mol. The van der Waals surface area contributed by atoms with Crippen LogP contribution < -0.4 is 15.8 Å². The molecule has 4 nitrogen and oxygen atoms in total. The molecule has 0 spiro atoms. The lowest BCUT2D eigenvalue weighted by atomic mass is 10.1. The van der Waals surface area contributed by atoms with E-state index < -0.39 is 0 Å². The molecular formula is C15H23ClN2O2. The zero-order valence-corrected chi connectivity index (χ0v) is 13.0. The van der Waals surface area contributed by atoms with Crippen LogP contribution in [0.2, 0.25) is 5.02 Å². The molecule has 0 aromatic heterocycles. The van der Waals surface area contributed by atoms with Crippen LogP contribution in [0.25, 0.3) is 0 Å². The zero-order valence-electron chi connectivity index (χ0n) is 12.3. The van der Waals surface area contributed by atoms with E-state index in [1.807, 2.05) is 32.9 Å². The van der Waals surface area contributed by atoms with Gasteiger partial charge in [-0.3, -0.25) is 4.79 Å². The lowest BCUT2D eigenvalue weighted by molar-refractivity contribution is -0.122. The van der Waals surface area contributed by atoms with Gasteiger partial charge < -0.3 is 15.8 Å². The predicted octanol–water partition coefficient (Wildman–Crippen LogP) is 2.52. The van der Waals surface area contributed by atoms with Gasteiger partial charge in [0.25, 0.3) is 0 Å². The first-order chi connectivity index (χ1) is 9.38. The van der Waals surface area contributed by atoms with Crippen LogP contribution in [-0.2, 0) is 11.2 Å². The molecule has 0 bridgehead atoms. The third-order valence-corrected chi connectivity index (χ3v) is 2.84. The molecule has 1 rings (SSSR count). The molecule has 112 valence electrons. The van der Waals surface area contributed by atoms with Gasteiger partial charge in [-0.1, -0.05) is 11.6 Å². The van der Waals surface area contributed by atoms with Gasteiger partial charge in [0.05, 0.1) is 13.0 Å². The Labute approximate surface area is 125 Å². The molecule has 0 aliphatic heterocycles. The van der Waals surface area contributed by atoms with Gasteiger partial charge in [-0.25, -0.2) is 0 Å². The van der Waals surface area contributed by atoms with Gasteiger partial charge in [0.1, 0.15) is 5.75 Å². The number of nitrogens with one attached hydrogen (secondary N) is 1. The number of benzene rings is 1. The fraction of sp³-hybridized carbons (Fsp3) is 0.533. The van der Waals surface area contributed by atoms with Gasteiger partial charge in [0, 0.05) is 17.1 Å². The molecule has 20 heavy (non-hydrogen) atoms. The van der Waals surface area contributed by atoms with E-state index in [0.29, 0.717) is 24.5 Å². The third kappa shape index (κ3) is 6.26. The maximum Gasteiger partial charge on any atom is 0.223 e. The molecule has 0 saturated heterocycles. The van der Waals surface area contributed by atoms with Gasteiger partial charge in [0.2, 0.25) is 5.91 Å². The highest BCUT2D eigenvalue weighted by Gasteiger charge is 2.09. The van der Waals surface area contributed by atoms with Crippen molar-refractivity contribution in [3.8, 4) is 5.75 Å². The number of hydrogen-bond acceptors (Lipinski definition) is 3. The topological polar surface area (TPSA) is 64.3 Å². The molecule has 0 aliphatic rings. The van der Waals surface area contributed by atoms with Crippen LogP contribution in [0.4, 0.5) is 0 Å². The molecular weight excluding hydrogens is 276 g/mol. The van der Waals surface area contributed by atoms with Crippen molar-refractivity contribution in [2.24, 2.45) is 5.73 Å². The van der Waals surface area contributed by atoms with Crippen LogP contribution in [0.1, 0.15) is 32.8 Å². The Morgan fingerprint density at radius 3 is 2.70 bits per heavy atom. The zero-order chi connectivity index (χ0) is 15.1. The Morgan fingerprint density at radius 2 is 2.10 bits per heavy atom. The lowest BCUT2D eigenvalue weighted by Crippen LogP contribution is -2.31. The summed E-state index contributed by atoms with van der Waals surface area (Å²) in [5.41, 5.74) is 6.78. The number of rotatable bonds is 7. The third-order valence-electron chi connectivity index (χ3n) is 2.60. The Hall–Kier alpha value is -1.26. The maximum absolute atomic E-state index is 11.5. The summed E-state index contributed by atoms with van der Waals surface area (Å²) in [5.74, 6) is 0.728. The summed E-state index contributed by atoms with van der Waals surface area (Å²) >= 11 is 5.98. The van der Waals surface area contributed by atoms with Crippen molar-refractivity contribution in [3.63, 3.8) is 0 Å². The molecule has 0 radical (unpaired) electrons. The SMILES string of the molecule is CC(N)Cc1cc(Cl)ccc1OCCC(=O)NC(C)C. The second kappa shape index (κ2) is 8.12. The van der Waals surface area contributed by atoms with Crippen LogP contribution in [0.5, 0.6) is 5.75 Å². The fourth-order valence-corrected chi connectivity index (χ4v) is 2.04. The molecule has 0 heterocycles. The highest BCUT2D eigenvalue weighted by molar-refractivity contribution is 6.30. The highest BCUT2D eigenvalue weighted by Crippen LogP contribution is 2.24. The van der Waals surface area contributed by atoms with E-state index in [1.54, 1.807) is 6.07 Å². The molecule has 3 N–H and O–H groups in total. The minimum atomic E-state index is -0.0114. The summed E-state index contributed by atoms with van der Waals surface area (Å²) in [6.07, 6.45) is 1.02. The van der Waals surface area contributed by atoms with Gasteiger partial charge >= 0.3 is 0 Å². The van der Waals surface area contributed by atoms with Crippen molar-refractivity contribution in [1.29, 1.82) is 0 Å². The molecule has 0 saturated carbocycles. The van der Waals surface area contributed by atoms with E-state index in [2.05, 4.69) is 5.32 Å². The van der Waals surface area contributed by atoms with E-state index in [-0.39, 0.29) is 18.0 Å². The molecule has 1 amide bonds. The largest absolute Gasteiger partial charge is 0.493 e. The minimum absolute atomic E-state index is 0.0114. The Morgan fingerprint density at radius 1 is 1.40 bits per heavy atom. The van der Waals surface area contributed by atoms with Crippen molar-refractivity contribution < 1.29 is 9.53 Å². The van der Waals surface area contributed by atoms with E-state index in [9.17, 15) is 4.79 Å². The molecule has 0 aliphatic carbocycles. The van der Waals surface area contributed by atoms with E-state index >= 15 is 0 Å². The van der Waals surface area contributed by atoms with Gasteiger partial charge in [0.15, 0.2) is 0 Å². The lowest BCUT2D eigenvalue weighted by Gasteiger charge is -2.14. The van der Waals surface area contributed by atoms with Gasteiger partial charge in [-0.15, -0.1) is 0 Å². The van der Waals surface area contributed by atoms with Crippen molar-refractivity contribution >= 4 is 17.5 Å². The van der Waals surface area contributed by atoms with Gasteiger partial charge in [-0.05, 0) is 51.0 Å².